The van der Waals surface area contributed by atoms with Gasteiger partial charge in [-0.1, -0.05) is 0 Å². The highest BCUT2D eigenvalue weighted by Crippen LogP contribution is 2.23. The molecule has 3 aromatic heterocycles. The molecule has 0 bridgehead atoms. The van der Waals surface area contributed by atoms with Gasteiger partial charge in [-0.3, -0.25) is 9.97 Å². The Hall–Kier alpha value is -3.06. The summed E-state index contributed by atoms with van der Waals surface area (Å²) in [4.78, 5) is 12.6. The second-order valence-electron chi connectivity index (χ2n) is 4.21. The van der Waals surface area contributed by atoms with E-state index in [0.717, 1.165) is 22.5 Å². The van der Waals surface area contributed by atoms with Gasteiger partial charge in [0.1, 0.15) is 0 Å². The molecule has 0 N–H and O–H groups in total. The molecule has 0 aromatic carbocycles. The summed E-state index contributed by atoms with van der Waals surface area (Å²) >= 11 is 0. The van der Waals surface area contributed by atoms with Crippen LogP contribution < -0.4 is 0 Å². The summed E-state index contributed by atoms with van der Waals surface area (Å²) in [6.07, 6.45) is 6.84. The summed E-state index contributed by atoms with van der Waals surface area (Å²) in [5, 5.41) is 9.18. The number of aromatic nitrogens is 3. The van der Waals surface area contributed by atoms with Crippen LogP contribution in [0.5, 0.6) is 0 Å². The van der Waals surface area contributed by atoms with Crippen LogP contribution in [0.4, 0.5) is 0 Å². The number of hydrogen-bond acceptors (Lipinski definition) is 4. The van der Waals surface area contributed by atoms with Gasteiger partial charge in [0.05, 0.1) is 23.0 Å². The Morgan fingerprint density at radius 1 is 0.750 bits per heavy atom. The molecule has 0 saturated carbocycles. The molecule has 0 aliphatic heterocycles. The second kappa shape index (κ2) is 5.29. The molecule has 3 rings (SSSR count). The number of hydrogen-bond donors (Lipinski definition) is 0. The number of nitrogens with zero attached hydrogens (tertiary/aromatic N) is 4. The molecule has 0 spiro atoms. The summed E-state index contributed by atoms with van der Waals surface area (Å²) < 4.78 is 0. The van der Waals surface area contributed by atoms with Crippen LogP contribution in [-0.2, 0) is 0 Å². The molecule has 94 valence electrons. The van der Waals surface area contributed by atoms with E-state index in [1.807, 2.05) is 24.3 Å². The van der Waals surface area contributed by atoms with Crippen LogP contribution in [0.15, 0.2) is 61.2 Å². The molecule has 0 unspecified atom stereocenters. The second-order valence-corrected chi connectivity index (χ2v) is 4.21. The van der Waals surface area contributed by atoms with E-state index in [2.05, 4.69) is 21.0 Å². The summed E-state index contributed by atoms with van der Waals surface area (Å²) in [6.45, 7) is 0. The van der Waals surface area contributed by atoms with Crippen LogP contribution >= 0.6 is 0 Å². The Bertz CT molecular complexity index is 704. The van der Waals surface area contributed by atoms with Crippen molar-refractivity contribution in [1.82, 2.24) is 15.0 Å². The smallest absolute Gasteiger partial charge is 0.0993 e. The average molecular weight is 258 g/mol. The fourth-order valence-corrected chi connectivity index (χ4v) is 1.94. The van der Waals surface area contributed by atoms with E-state index < -0.39 is 0 Å². The minimum absolute atomic E-state index is 0.582. The predicted molar refractivity (Wildman–Crippen MR) is 75.4 cm³/mol. The molecule has 20 heavy (non-hydrogen) atoms. The maximum absolute atomic E-state index is 9.18. The highest BCUT2D eigenvalue weighted by molar-refractivity contribution is 5.68. The molecule has 0 radical (unpaired) electrons. The lowest BCUT2D eigenvalue weighted by Crippen LogP contribution is -1.91. The van der Waals surface area contributed by atoms with E-state index in [1.165, 1.54) is 0 Å². The maximum Gasteiger partial charge on any atom is 0.0993 e. The van der Waals surface area contributed by atoms with Crippen LogP contribution in [0.2, 0.25) is 0 Å². The number of nitriles is 1. The van der Waals surface area contributed by atoms with Crippen molar-refractivity contribution in [2.24, 2.45) is 0 Å². The van der Waals surface area contributed by atoms with Gasteiger partial charge in [0.25, 0.3) is 0 Å². The number of pyridine rings is 3. The molecule has 0 saturated heterocycles. The molecular formula is C16H10N4. The first-order chi connectivity index (χ1) is 9.86. The molecule has 0 aliphatic carbocycles. The molecule has 4 heteroatoms. The first-order valence-corrected chi connectivity index (χ1v) is 6.10. The highest BCUT2D eigenvalue weighted by atomic mass is 14.7. The molecule has 4 nitrogen and oxygen atoms in total. The standard InChI is InChI=1S/C16H10N4/c17-11-12-9-15(13-1-5-18-6-2-13)20-16(10-12)14-3-7-19-8-4-14/h1-10H. The van der Waals surface area contributed by atoms with Gasteiger partial charge in [0.15, 0.2) is 0 Å². The molecule has 0 atom stereocenters. The van der Waals surface area contributed by atoms with Crippen molar-refractivity contribution in [3.05, 3.63) is 66.7 Å². The van der Waals surface area contributed by atoms with E-state index in [-0.39, 0.29) is 0 Å². The minimum Gasteiger partial charge on any atom is -0.265 e. The van der Waals surface area contributed by atoms with Gasteiger partial charge in [0, 0.05) is 35.9 Å². The van der Waals surface area contributed by atoms with Gasteiger partial charge in [-0.15, -0.1) is 0 Å². The third kappa shape index (κ3) is 2.38. The zero-order valence-electron chi connectivity index (χ0n) is 10.6. The van der Waals surface area contributed by atoms with Crippen molar-refractivity contribution in [2.75, 3.05) is 0 Å². The molecular weight excluding hydrogens is 248 g/mol. The lowest BCUT2D eigenvalue weighted by atomic mass is 10.1. The van der Waals surface area contributed by atoms with Gasteiger partial charge in [-0.05, 0) is 36.4 Å². The third-order valence-corrected chi connectivity index (χ3v) is 2.91. The summed E-state index contributed by atoms with van der Waals surface area (Å²) in [5.41, 5.74) is 3.98. The first-order valence-electron chi connectivity index (χ1n) is 6.10. The van der Waals surface area contributed by atoms with Crippen molar-refractivity contribution in [3.63, 3.8) is 0 Å². The summed E-state index contributed by atoms with van der Waals surface area (Å²) in [7, 11) is 0. The average Bonchev–Trinajstić information content (AvgIpc) is 2.56. The molecule has 0 aliphatic rings. The number of rotatable bonds is 2. The Labute approximate surface area is 116 Å². The van der Waals surface area contributed by atoms with Crippen LogP contribution in [0, 0.1) is 11.3 Å². The van der Waals surface area contributed by atoms with E-state index in [4.69, 9.17) is 0 Å². The van der Waals surface area contributed by atoms with E-state index >= 15 is 0 Å². The van der Waals surface area contributed by atoms with Crippen molar-refractivity contribution in [2.45, 2.75) is 0 Å². The fourth-order valence-electron chi connectivity index (χ4n) is 1.94. The Kier molecular flexibility index (Phi) is 3.17. The van der Waals surface area contributed by atoms with Crippen molar-refractivity contribution < 1.29 is 0 Å². The maximum atomic E-state index is 9.18. The zero-order valence-corrected chi connectivity index (χ0v) is 10.6. The van der Waals surface area contributed by atoms with Crippen LogP contribution in [0.25, 0.3) is 22.5 Å². The predicted octanol–water partition coefficient (Wildman–Crippen LogP) is 3.08. The van der Waals surface area contributed by atoms with E-state index in [1.54, 1.807) is 36.9 Å². The van der Waals surface area contributed by atoms with Crippen molar-refractivity contribution in [3.8, 4) is 28.6 Å². The highest BCUT2D eigenvalue weighted by Gasteiger charge is 2.06. The van der Waals surface area contributed by atoms with Crippen molar-refractivity contribution >= 4 is 0 Å². The Morgan fingerprint density at radius 2 is 1.20 bits per heavy atom. The minimum atomic E-state index is 0.582. The monoisotopic (exact) mass is 258 g/mol. The van der Waals surface area contributed by atoms with Crippen LogP contribution in [-0.4, -0.2) is 15.0 Å². The zero-order chi connectivity index (χ0) is 13.8. The quantitative estimate of drug-likeness (QED) is 0.708. The van der Waals surface area contributed by atoms with Crippen LogP contribution in [0.3, 0.4) is 0 Å². The normalized spacial score (nSPS) is 9.95. The van der Waals surface area contributed by atoms with E-state index in [9.17, 15) is 5.26 Å². The summed E-state index contributed by atoms with van der Waals surface area (Å²) in [6, 6.07) is 13.2. The molecule has 0 fully saturated rings. The van der Waals surface area contributed by atoms with Crippen molar-refractivity contribution in [1.29, 1.82) is 5.26 Å². The lowest BCUT2D eigenvalue weighted by molar-refractivity contribution is 1.27. The third-order valence-electron chi connectivity index (χ3n) is 2.91. The molecule has 0 amide bonds. The molecule has 3 aromatic rings. The van der Waals surface area contributed by atoms with Crippen LogP contribution in [0.1, 0.15) is 5.56 Å². The van der Waals surface area contributed by atoms with Gasteiger partial charge in [0.2, 0.25) is 0 Å². The lowest BCUT2D eigenvalue weighted by Gasteiger charge is -2.06. The topological polar surface area (TPSA) is 62.5 Å². The first kappa shape index (κ1) is 12.0. The van der Waals surface area contributed by atoms with Gasteiger partial charge in [-0.2, -0.15) is 5.26 Å². The molecule has 3 heterocycles. The van der Waals surface area contributed by atoms with Gasteiger partial charge in [-0.25, -0.2) is 4.98 Å². The van der Waals surface area contributed by atoms with Gasteiger partial charge < -0.3 is 0 Å². The Balaban J connectivity index is 2.16. The SMILES string of the molecule is N#Cc1cc(-c2ccncc2)nc(-c2ccncc2)c1. The Morgan fingerprint density at radius 3 is 1.60 bits per heavy atom. The largest absolute Gasteiger partial charge is 0.265 e. The fraction of sp³-hybridized carbons (Fsp3) is 0. The van der Waals surface area contributed by atoms with Gasteiger partial charge >= 0.3 is 0 Å². The summed E-state index contributed by atoms with van der Waals surface area (Å²) in [5.74, 6) is 0. The van der Waals surface area contributed by atoms with E-state index in [0.29, 0.717) is 5.56 Å².